The minimum absolute atomic E-state index is 0.476. The Morgan fingerprint density at radius 3 is 2.42 bits per heavy atom. The Kier molecular flexibility index (Phi) is 11.2. The van der Waals surface area contributed by atoms with Gasteiger partial charge in [-0.05, 0) is 57.2 Å². The minimum Gasteiger partial charge on any atom is -0.384 e. The molecule has 0 aliphatic carbocycles. The topological polar surface area (TPSA) is 94.7 Å². The lowest BCUT2D eigenvalue weighted by Gasteiger charge is -2.34. The summed E-state index contributed by atoms with van der Waals surface area (Å²) < 4.78 is 0. The molecule has 33 heavy (non-hydrogen) atoms. The summed E-state index contributed by atoms with van der Waals surface area (Å²) in [6, 6.07) is 10.1. The summed E-state index contributed by atoms with van der Waals surface area (Å²) in [6.07, 6.45) is 6.59. The van der Waals surface area contributed by atoms with Crippen LogP contribution in [0.3, 0.4) is 0 Å². The molecule has 1 aliphatic rings. The summed E-state index contributed by atoms with van der Waals surface area (Å²) in [5.41, 5.74) is 12.6. The second-order valence-corrected chi connectivity index (χ2v) is 8.21. The Balaban J connectivity index is 0.000000299. The number of unbranched alkanes of at least 4 members (excludes halogenated alkanes) is 2. The predicted molar refractivity (Wildman–Crippen MR) is 141 cm³/mol. The van der Waals surface area contributed by atoms with Crippen LogP contribution in [0.25, 0.3) is 0 Å². The third-order valence-electron chi connectivity index (χ3n) is 5.39. The number of nitrogens with two attached hydrogens (primary N) is 1. The smallest absolute Gasteiger partial charge is 0.229 e. The average molecular weight is 453 g/mol. The molecule has 1 aromatic carbocycles. The van der Waals surface area contributed by atoms with E-state index in [1.54, 1.807) is 6.07 Å². The molecule has 1 fully saturated rings. The Labute approximate surface area is 199 Å². The van der Waals surface area contributed by atoms with Crippen molar-refractivity contribution >= 4 is 28.9 Å². The van der Waals surface area contributed by atoms with E-state index in [1.165, 1.54) is 24.9 Å². The molecule has 0 saturated carbocycles. The molecule has 1 saturated heterocycles. The van der Waals surface area contributed by atoms with E-state index in [0.717, 1.165) is 49.7 Å². The van der Waals surface area contributed by atoms with Gasteiger partial charge in [0.25, 0.3) is 0 Å². The molecule has 8 nitrogen and oxygen atoms in total. The molecule has 0 unspecified atom stereocenters. The highest BCUT2D eigenvalue weighted by Gasteiger charge is 2.14. The van der Waals surface area contributed by atoms with E-state index >= 15 is 0 Å². The molecular formula is C25H40N8. The lowest BCUT2D eigenvalue weighted by atomic mass is 10.1. The highest BCUT2D eigenvalue weighted by atomic mass is 15.3. The number of rotatable bonds is 9. The van der Waals surface area contributed by atoms with E-state index < -0.39 is 0 Å². The predicted octanol–water partition coefficient (Wildman–Crippen LogP) is 4.19. The fourth-order valence-corrected chi connectivity index (χ4v) is 3.50. The summed E-state index contributed by atoms with van der Waals surface area (Å²) in [4.78, 5) is 13.3. The molecule has 0 spiro atoms. The van der Waals surface area contributed by atoms with Crippen LogP contribution in [0.1, 0.15) is 38.3 Å². The third kappa shape index (κ3) is 9.49. The van der Waals surface area contributed by atoms with Crippen LogP contribution in [0.15, 0.2) is 48.1 Å². The summed E-state index contributed by atoms with van der Waals surface area (Å²) in [6.45, 7) is 12.1. The fraction of sp³-hybridized carbons (Fsp3) is 0.480. The van der Waals surface area contributed by atoms with Crippen LogP contribution in [0.2, 0.25) is 0 Å². The van der Waals surface area contributed by atoms with Gasteiger partial charge >= 0.3 is 0 Å². The van der Waals surface area contributed by atoms with E-state index in [2.05, 4.69) is 80.4 Å². The van der Waals surface area contributed by atoms with Crippen molar-refractivity contribution in [1.82, 2.24) is 20.3 Å². The van der Waals surface area contributed by atoms with Crippen molar-refractivity contribution in [3.8, 4) is 0 Å². The number of nitrogens with one attached hydrogen (secondary N) is 2. The van der Waals surface area contributed by atoms with Crippen LogP contribution < -0.4 is 21.4 Å². The van der Waals surface area contributed by atoms with Gasteiger partial charge in [-0.15, -0.1) is 0 Å². The first kappa shape index (κ1) is 26.1. The molecule has 0 amide bonds. The highest BCUT2D eigenvalue weighted by Crippen LogP contribution is 2.21. The first-order chi connectivity index (χ1) is 15.9. The lowest BCUT2D eigenvalue weighted by Crippen LogP contribution is -2.44. The number of allylic oxidation sites excluding steroid dienone is 1. The van der Waals surface area contributed by atoms with Gasteiger partial charge in [0.2, 0.25) is 5.95 Å². The highest BCUT2D eigenvalue weighted by molar-refractivity contribution is 5.94. The number of hydrogen-bond acceptors (Lipinski definition) is 8. The monoisotopic (exact) mass is 452 g/mol. The van der Waals surface area contributed by atoms with Crippen molar-refractivity contribution in [3.05, 3.63) is 48.7 Å². The zero-order valence-electron chi connectivity index (χ0n) is 20.6. The van der Waals surface area contributed by atoms with Gasteiger partial charge in [0.15, 0.2) is 0 Å². The largest absolute Gasteiger partial charge is 0.384 e. The summed E-state index contributed by atoms with van der Waals surface area (Å²) in [5, 5.41) is 7.26. The van der Waals surface area contributed by atoms with Gasteiger partial charge in [-0.2, -0.15) is 10.1 Å². The van der Waals surface area contributed by atoms with Gasteiger partial charge in [-0.25, -0.2) is 4.98 Å². The van der Waals surface area contributed by atoms with Crippen molar-refractivity contribution in [2.75, 3.05) is 56.2 Å². The maximum absolute atomic E-state index is 5.74. The van der Waals surface area contributed by atoms with Crippen LogP contribution in [0.4, 0.5) is 23.1 Å². The Morgan fingerprint density at radius 2 is 1.85 bits per heavy atom. The second-order valence-electron chi connectivity index (χ2n) is 8.21. The van der Waals surface area contributed by atoms with Gasteiger partial charge < -0.3 is 26.3 Å². The summed E-state index contributed by atoms with van der Waals surface area (Å²) >= 11 is 0. The van der Waals surface area contributed by atoms with E-state index in [1.807, 2.05) is 20.0 Å². The van der Waals surface area contributed by atoms with Crippen molar-refractivity contribution < 1.29 is 0 Å². The number of hydrazone groups is 1. The summed E-state index contributed by atoms with van der Waals surface area (Å²) in [7, 11) is 3.97. The molecule has 1 aliphatic heterocycles. The number of anilines is 4. The molecule has 0 radical (unpaired) electrons. The van der Waals surface area contributed by atoms with Gasteiger partial charge in [0.05, 0.1) is 5.71 Å². The van der Waals surface area contributed by atoms with Gasteiger partial charge in [-0.1, -0.05) is 26.3 Å². The van der Waals surface area contributed by atoms with E-state index in [4.69, 9.17) is 5.73 Å². The van der Waals surface area contributed by atoms with Crippen molar-refractivity contribution in [2.24, 2.45) is 5.10 Å². The number of aryl methyl sites for hydroxylation is 1. The number of nitrogens with zero attached hydrogens (tertiary/aromatic N) is 5. The molecule has 2 aromatic rings. The lowest BCUT2D eigenvalue weighted by molar-refractivity contribution is 0.313. The molecule has 180 valence electrons. The van der Waals surface area contributed by atoms with Crippen molar-refractivity contribution in [3.63, 3.8) is 0 Å². The van der Waals surface area contributed by atoms with Crippen LogP contribution in [0.5, 0.6) is 0 Å². The van der Waals surface area contributed by atoms with Crippen LogP contribution in [0, 0.1) is 6.92 Å². The first-order valence-corrected chi connectivity index (χ1v) is 11.7. The number of likely N-dealkylation sites (N-methyl/N-ethyl adjacent to an activating group) is 1. The first-order valence-electron chi connectivity index (χ1n) is 11.7. The molecule has 1 aromatic heterocycles. The van der Waals surface area contributed by atoms with Crippen LogP contribution >= 0.6 is 0 Å². The minimum atomic E-state index is 0.476. The van der Waals surface area contributed by atoms with Crippen molar-refractivity contribution in [2.45, 2.75) is 39.5 Å². The Hall–Kier alpha value is -3.13. The van der Waals surface area contributed by atoms with Gasteiger partial charge in [0.1, 0.15) is 5.82 Å². The van der Waals surface area contributed by atoms with E-state index in [-0.39, 0.29) is 0 Å². The SMILES string of the molecule is C=C/C(CCCCC)=N\NC.Cc1cc(N)nc(Nc2ccc(N3CCN(C)CC3)cc2)n1. The van der Waals surface area contributed by atoms with Gasteiger partial charge in [-0.3, -0.25) is 0 Å². The molecule has 2 heterocycles. The second kappa shape index (κ2) is 14.1. The normalized spacial score (nSPS) is 14.3. The standard InChI is InChI=1S/C16H22N6.C9H18N2/c1-12-11-15(17)20-16(18-12)19-13-3-5-14(6-4-13)22-9-7-21(2)8-10-22;1-4-6-7-8-9(5-2)11-10-3/h3-6,11H,7-10H2,1-2H3,(H3,17,18,19,20);5,10H,2,4,6-8H2,1,3H3/b;11-9+. The number of aromatic nitrogens is 2. The molecule has 0 atom stereocenters. The zero-order chi connectivity index (χ0) is 24.1. The number of nitrogen functional groups attached to an aromatic ring is 1. The quantitative estimate of drug-likeness (QED) is 0.298. The zero-order valence-corrected chi connectivity index (χ0v) is 20.6. The maximum Gasteiger partial charge on any atom is 0.229 e. The average Bonchev–Trinajstić information content (AvgIpc) is 2.79. The molecule has 0 bridgehead atoms. The van der Waals surface area contributed by atoms with Crippen LogP contribution in [-0.2, 0) is 0 Å². The molecule has 4 N–H and O–H groups in total. The maximum atomic E-state index is 5.74. The number of benzene rings is 1. The molecule has 8 heteroatoms. The third-order valence-corrected chi connectivity index (χ3v) is 5.39. The summed E-state index contributed by atoms with van der Waals surface area (Å²) in [5.74, 6) is 1.01. The molecule has 3 rings (SSSR count). The molecular weight excluding hydrogens is 412 g/mol. The van der Waals surface area contributed by atoms with Crippen molar-refractivity contribution in [1.29, 1.82) is 0 Å². The van der Waals surface area contributed by atoms with Crippen LogP contribution in [-0.4, -0.2) is 60.9 Å². The number of piperazine rings is 1. The Morgan fingerprint density at radius 1 is 1.15 bits per heavy atom. The van der Waals surface area contributed by atoms with Gasteiger partial charge in [0, 0.05) is 56.4 Å². The Bertz CT molecular complexity index is 850. The number of hydrogen-bond donors (Lipinski definition) is 3. The van der Waals surface area contributed by atoms with E-state index in [0.29, 0.717) is 11.8 Å². The van der Waals surface area contributed by atoms with E-state index in [9.17, 15) is 0 Å². The fourth-order valence-electron chi connectivity index (χ4n) is 3.50.